The van der Waals surface area contributed by atoms with Crippen molar-refractivity contribution in [3.8, 4) is 11.5 Å². The molecule has 0 aliphatic heterocycles. The maximum Gasteiger partial charge on any atom is 0.162 e. The molecule has 0 aliphatic carbocycles. The summed E-state index contributed by atoms with van der Waals surface area (Å²) in [4.78, 5) is 0. The van der Waals surface area contributed by atoms with E-state index in [0.29, 0.717) is 18.2 Å². The molecule has 4 heteroatoms. The van der Waals surface area contributed by atoms with Crippen molar-refractivity contribution in [2.24, 2.45) is 5.92 Å². The molecule has 0 saturated carbocycles. The van der Waals surface area contributed by atoms with Crippen LogP contribution in [0.25, 0.3) is 0 Å². The van der Waals surface area contributed by atoms with Crippen LogP contribution in [0.1, 0.15) is 19.4 Å². The number of nitrogens with one attached hydrogen (secondary N) is 1. The van der Waals surface area contributed by atoms with Gasteiger partial charge >= 0.3 is 0 Å². The zero-order valence-electron chi connectivity index (χ0n) is 12.2. The summed E-state index contributed by atoms with van der Waals surface area (Å²) in [5.74, 6) is -0.314. The summed E-state index contributed by atoms with van der Waals surface area (Å²) in [6.45, 7) is 5.84. The quantitative estimate of drug-likeness (QED) is 0.846. The third-order valence-corrected chi connectivity index (χ3v) is 2.96. The largest absolute Gasteiger partial charge is 0.457 e. The molecule has 0 radical (unpaired) electrons. The number of ether oxygens (including phenoxy) is 1. The molecule has 0 saturated heterocycles. The van der Waals surface area contributed by atoms with E-state index in [1.165, 1.54) is 6.07 Å². The van der Waals surface area contributed by atoms with Crippen molar-refractivity contribution in [3.63, 3.8) is 0 Å². The Bertz CT molecular complexity index is 599. The molecule has 0 bridgehead atoms. The van der Waals surface area contributed by atoms with Crippen LogP contribution in [0.3, 0.4) is 0 Å². The molecule has 112 valence electrons. The Balaban J connectivity index is 2.10. The van der Waals surface area contributed by atoms with E-state index < -0.39 is 11.6 Å². The van der Waals surface area contributed by atoms with Gasteiger partial charge in [-0.25, -0.2) is 8.78 Å². The summed E-state index contributed by atoms with van der Waals surface area (Å²) in [6.07, 6.45) is 0. The number of benzene rings is 2. The Hall–Kier alpha value is -1.94. The lowest BCUT2D eigenvalue weighted by Crippen LogP contribution is -2.19. The van der Waals surface area contributed by atoms with Crippen molar-refractivity contribution in [2.45, 2.75) is 20.4 Å². The minimum Gasteiger partial charge on any atom is -0.457 e. The van der Waals surface area contributed by atoms with Crippen LogP contribution in [0.5, 0.6) is 11.5 Å². The zero-order valence-corrected chi connectivity index (χ0v) is 12.2. The summed E-state index contributed by atoms with van der Waals surface area (Å²) in [6, 6.07) is 11.1. The predicted octanol–water partition coefficient (Wildman–Crippen LogP) is 4.50. The highest BCUT2D eigenvalue weighted by Crippen LogP contribution is 2.26. The smallest absolute Gasteiger partial charge is 0.162 e. The van der Waals surface area contributed by atoms with Crippen molar-refractivity contribution < 1.29 is 13.5 Å². The highest BCUT2D eigenvalue weighted by molar-refractivity contribution is 5.38. The van der Waals surface area contributed by atoms with Crippen LogP contribution >= 0.6 is 0 Å². The summed E-state index contributed by atoms with van der Waals surface area (Å²) in [5, 5.41) is 3.33. The Labute approximate surface area is 123 Å². The minimum absolute atomic E-state index is 0.283. The average molecular weight is 291 g/mol. The first kappa shape index (κ1) is 15.4. The second-order valence-electron chi connectivity index (χ2n) is 5.31. The molecule has 0 amide bonds. The fraction of sp³-hybridized carbons (Fsp3) is 0.294. The number of halogens is 2. The molecule has 21 heavy (non-hydrogen) atoms. The summed E-state index contributed by atoms with van der Waals surface area (Å²) in [7, 11) is 0. The molecule has 0 aromatic heterocycles. The highest BCUT2D eigenvalue weighted by Gasteiger charge is 2.07. The van der Waals surface area contributed by atoms with Crippen LogP contribution in [0, 0.1) is 17.6 Å². The average Bonchev–Trinajstić information content (AvgIpc) is 2.44. The van der Waals surface area contributed by atoms with Crippen molar-refractivity contribution in [1.29, 1.82) is 0 Å². The molecular formula is C17H19F2NO. The van der Waals surface area contributed by atoms with Gasteiger partial charge in [0.05, 0.1) is 0 Å². The van der Waals surface area contributed by atoms with E-state index in [1.54, 1.807) is 0 Å². The van der Waals surface area contributed by atoms with Crippen molar-refractivity contribution in [3.05, 3.63) is 59.7 Å². The number of hydrogen-bond donors (Lipinski definition) is 1. The first-order valence-corrected chi connectivity index (χ1v) is 6.98. The minimum atomic E-state index is -0.914. The molecule has 0 heterocycles. The molecule has 2 nitrogen and oxygen atoms in total. The lowest BCUT2D eigenvalue weighted by molar-refractivity contribution is 0.453. The Kier molecular flexibility index (Phi) is 5.28. The monoisotopic (exact) mass is 291 g/mol. The molecule has 1 N–H and O–H groups in total. The van der Waals surface area contributed by atoms with Crippen molar-refractivity contribution >= 4 is 0 Å². The van der Waals surface area contributed by atoms with Crippen molar-refractivity contribution in [1.82, 2.24) is 5.32 Å². The van der Waals surface area contributed by atoms with Gasteiger partial charge in [0, 0.05) is 18.2 Å². The van der Waals surface area contributed by atoms with Gasteiger partial charge in [0.2, 0.25) is 0 Å². The first-order chi connectivity index (χ1) is 10.1. The van der Waals surface area contributed by atoms with E-state index in [-0.39, 0.29) is 5.75 Å². The SMILES string of the molecule is CC(C)CNCc1ccccc1Oc1ccc(F)c(F)c1. The van der Waals surface area contributed by atoms with E-state index in [1.807, 2.05) is 24.3 Å². The second-order valence-corrected chi connectivity index (χ2v) is 5.31. The fourth-order valence-corrected chi connectivity index (χ4v) is 1.91. The van der Waals surface area contributed by atoms with E-state index >= 15 is 0 Å². The third kappa shape index (κ3) is 4.53. The topological polar surface area (TPSA) is 21.3 Å². The van der Waals surface area contributed by atoms with E-state index in [4.69, 9.17) is 4.74 Å². The molecule has 0 spiro atoms. The highest BCUT2D eigenvalue weighted by atomic mass is 19.2. The molecule has 2 rings (SSSR count). The van der Waals surface area contributed by atoms with Gasteiger partial charge in [-0.15, -0.1) is 0 Å². The van der Waals surface area contributed by atoms with Crippen LogP contribution in [0.15, 0.2) is 42.5 Å². The summed E-state index contributed by atoms with van der Waals surface area (Å²) >= 11 is 0. The molecule has 2 aromatic carbocycles. The molecule has 0 unspecified atom stereocenters. The van der Waals surface area contributed by atoms with E-state index in [9.17, 15) is 8.78 Å². The molecule has 0 aliphatic rings. The van der Waals surface area contributed by atoms with Gasteiger partial charge in [0.25, 0.3) is 0 Å². The van der Waals surface area contributed by atoms with Crippen molar-refractivity contribution in [2.75, 3.05) is 6.54 Å². The van der Waals surface area contributed by atoms with Crippen LogP contribution in [0.2, 0.25) is 0 Å². The molecular weight excluding hydrogens is 272 g/mol. The fourth-order valence-electron chi connectivity index (χ4n) is 1.91. The van der Waals surface area contributed by atoms with Gasteiger partial charge in [0.1, 0.15) is 11.5 Å². The van der Waals surface area contributed by atoms with Gasteiger partial charge < -0.3 is 10.1 Å². The second kappa shape index (κ2) is 7.18. The number of para-hydroxylation sites is 1. The van der Waals surface area contributed by atoms with Crippen LogP contribution in [0.4, 0.5) is 8.78 Å². The molecule has 0 atom stereocenters. The lowest BCUT2D eigenvalue weighted by atomic mass is 10.2. The van der Waals surface area contributed by atoms with Gasteiger partial charge in [-0.05, 0) is 30.7 Å². The van der Waals surface area contributed by atoms with Gasteiger partial charge in [0.15, 0.2) is 11.6 Å². The Morgan fingerprint density at radius 3 is 2.52 bits per heavy atom. The lowest BCUT2D eigenvalue weighted by Gasteiger charge is -2.13. The predicted molar refractivity (Wildman–Crippen MR) is 79.4 cm³/mol. The Morgan fingerprint density at radius 1 is 1.05 bits per heavy atom. The van der Waals surface area contributed by atoms with Gasteiger partial charge in [-0.1, -0.05) is 32.0 Å². The Morgan fingerprint density at radius 2 is 1.81 bits per heavy atom. The standard InChI is InChI=1S/C17H19F2NO/c1-12(2)10-20-11-13-5-3-4-6-17(13)21-14-7-8-15(18)16(19)9-14/h3-9,12,20H,10-11H2,1-2H3. The normalized spacial score (nSPS) is 10.9. The first-order valence-electron chi connectivity index (χ1n) is 6.98. The number of rotatable bonds is 6. The summed E-state index contributed by atoms with van der Waals surface area (Å²) < 4.78 is 31.8. The van der Waals surface area contributed by atoms with Gasteiger partial charge in [-0.3, -0.25) is 0 Å². The van der Waals surface area contributed by atoms with Gasteiger partial charge in [-0.2, -0.15) is 0 Å². The summed E-state index contributed by atoms with van der Waals surface area (Å²) in [5.41, 5.74) is 0.975. The van der Waals surface area contributed by atoms with Crippen LogP contribution in [-0.4, -0.2) is 6.54 Å². The van der Waals surface area contributed by atoms with E-state index in [2.05, 4.69) is 19.2 Å². The number of hydrogen-bond acceptors (Lipinski definition) is 2. The third-order valence-electron chi connectivity index (χ3n) is 2.96. The maximum absolute atomic E-state index is 13.2. The zero-order chi connectivity index (χ0) is 15.2. The van der Waals surface area contributed by atoms with Crippen LogP contribution < -0.4 is 10.1 Å². The molecule has 0 fully saturated rings. The molecule has 2 aromatic rings. The van der Waals surface area contributed by atoms with Crippen LogP contribution in [-0.2, 0) is 6.54 Å². The van der Waals surface area contributed by atoms with E-state index in [0.717, 1.165) is 24.2 Å². The maximum atomic E-state index is 13.2.